The minimum Gasteiger partial charge on any atom is -0.481 e. The Hall–Kier alpha value is -1.32. The zero-order valence-electron chi connectivity index (χ0n) is 8.98. The molecule has 0 saturated carbocycles. The van der Waals surface area contributed by atoms with Crippen LogP contribution < -0.4 is 0 Å². The van der Waals surface area contributed by atoms with Crippen molar-refractivity contribution in [2.45, 2.75) is 39.0 Å². The maximum absolute atomic E-state index is 10.6. The van der Waals surface area contributed by atoms with Crippen LogP contribution in [0, 0.1) is 5.92 Å². The van der Waals surface area contributed by atoms with Gasteiger partial charge in [0.15, 0.2) is 0 Å². The van der Waals surface area contributed by atoms with Crippen LogP contribution in [0.3, 0.4) is 0 Å². The first-order valence-corrected chi connectivity index (χ1v) is 5.19. The molecule has 0 aliphatic heterocycles. The van der Waals surface area contributed by atoms with Gasteiger partial charge in [-0.1, -0.05) is 31.9 Å². The Balaban J connectivity index is 3.94. The van der Waals surface area contributed by atoms with Gasteiger partial charge in [-0.2, -0.15) is 0 Å². The van der Waals surface area contributed by atoms with Crippen molar-refractivity contribution >= 4 is 11.9 Å². The van der Waals surface area contributed by atoms with Gasteiger partial charge in [0, 0.05) is 0 Å². The first-order chi connectivity index (χ1) is 7.07. The summed E-state index contributed by atoms with van der Waals surface area (Å²) < 4.78 is 0. The third kappa shape index (κ3) is 7.73. The molecule has 1 unspecified atom stereocenters. The molecule has 4 heteroatoms. The van der Waals surface area contributed by atoms with E-state index in [1.54, 1.807) is 6.08 Å². The van der Waals surface area contributed by atoms with Crippen LogP contribution >= 0.6 is 0 Å². The molecule has 0 rings (SSSR count). The molecule has 0 bridgehead atoms. The molecule has 2 N–H and O–H groups in total. The molecule has 0 amide bonds. The van der Waals surface area contributed by atoms with Crippen molar-refractivity contribution in [3.8, 4) is 0 Å². The highest BCUT2D eigenvalue weighted by Crippen LogP contribution is 2.08. The van der Waals surface area contributed by atoms with E-state index in [4.69, 9.17) is 10.2 Å². The minimum atomic E-state index is -1.08. The molecular formula is C11H18O4. The summed E-state index contributed by atoms with van der Waals surface area (Å²) in [5.74, 6) is -3.06. The maximum Gasteiger partial charge on any atom is 0.310 e. The number of rotatable bonds is 8. The van der Waals surface area contributed by atoms with E-state index in [1.807, 2.05) is 0 Å². The molecule has 1 atom stereocenters. The lowest BCUT2D eigenvalue weighted by atomic mass is 10.0. The highest BCUT2D eigenvalue weighted by molar-refractivity contribution is 5.79. The fraction of sp³-hybridized carbons (Fsp3) is 0.636. The van der Waals surface area contributed by atoms with Crippen LogP contribution in [0.1, 0.15) is 39.0 Å². The predicted molar refractivity (Wildman–Crippen MR) is 56.7 cm³/mol. The van der Waals surface area contributed by atoms with Gasteiger partial charge in [0.2, 0.25) is 0 Å². The summed E-state index contributed by atoms with van der Waals surface area (Å²) in [6, 6.07) is 0. The summed E-state index contributed by atoms with van der Waals surface area (Å²) >= 11 is 0. The third-order valence-electron chi connectivity index (χ3n) is 2.05. The predicted octanol–water partition coefficient (Wildman–Crippen LogP) is 2.30. The van der Waals surface area contributed by atoms with Crippen molar-refractivity contribution < 1.29 is 19.8 Å². The molecule has 0 saturated heterocycles. The van der Waals surface area contributed by atoms with Gasteiger partial charge in [-0.3, -0.25) is 9.59 Å². The van der Waals surface area contributed by atoms with Gasteiger partial charge in [0.25, 0.3) is 0 Å². The fourth-order valence-electron chi connectivity index (χ4n) is 1.20. The average molecular weight is 214 g/mol. The van der Waals surface area contributed by atoms with Gasteiger partial charge >= 0.3 is 11.9 Å². The molecule has 0 spiro atoms. The zero-order chi connectivity index (χ0) is 11.7. The van der Waals surface area contributed by atoms with Gasteiger partial charge in [0.1, 0.15) is 0 Å². The zero-order valence-corrected chi connectivity index (χ0v) is 8.98. The molecule has 0 radical (unpaired) electrons. The van der Waals surface area contributed by atoms with Crippen molar-refractivity contribution in [2.24, 2.45) is 5.92 Å². The topological polar surface area (TPSA) is 74.6 Å². The molecule has 0 aromatic rings. The minimum absolute atomic E-state index is 0.348. The second-order valence-corrected chi connectivity index (χ2v) is 3.47. The highest BCUT2D eigenvalue weighted by atomic mass is 16.4. The lowest BCUT2D eigenvalue weighted by molar-refractivity contribution is -0.146. The molecule has 0 heterocycles. The van der Waals surface area contributed by atoms with Gasteiger partial charge in [-0.15, -0.1) is 0 Å². The van der Waals surface area contributed by atoms with Crippen molar-refractivity contribution in [2.75, 3.05) is 0 Å². The molecule has 0 fully saturated rings. The Bertz CT molecular complexity index is 233. The number of hydrogen-bond donors (Lipinski definition) is 2. The van der Waals surface area contributed by atoms with Crippen molar-refractivity contribution in [1.82, 2.24) is 0 Å². The smallest absolute Gasteiger partial charge is 0.310 e. The summed E-state index contributed by atoms with van der Waals surface area (Å²) in [6.07, 6.45) is 6.96. The highest BCUT2D eigenvalue weighted by Gasteiger charge is 2.17. The molecule has 0 aromatic carbocycles. The fourth-order valence-corrected chi connectivity index (χ4v) is 1.20. The Morgan fingerprint density at radius 1 is 1.27 bits per heavy atom. The summed E-state index contributed by atoms with van der Waals surface area (Å²) in [5.41, 5.74) is 0. The van der Waals surface area contributed by atoms with Gasteiger partial charge in [0.05, 0.1) is 12.3 Å². The van der Waals surface area contributed by atoms with Crippen LogP contribution in [0.2, 0.25) is 0 Å². The third-order valence-corrected chi connectivity index (χ3v) is 2.05. The number of aliphatic carboxylic acids is 2. The lowest BCUT2D eigenvalue weighted by Crippen LogP contribution is -2.15. The van der Waals surface area contributed by atoms with Crippen LogP contribution in [0.5, 0.6) is 0 Å². The van der Waals surface area contributed by atoms with Crippen LogP contribution in [-0.2, 0) is 9.59 Å². The maximum atomic E-state index is 10.6. The monoisotopic (exact) mass is 214 g/mol. The molecule has 15 heavy (non-hydrogen) atoms. The van der Waals surface area contributed by atoms with Crippen LogP contribution in [0.15, 0.2) is 12.2 Å². The molecule has 0 aromatic heterocycles. The summed E-state index contributed by atoms with van der Waals surface area (Å²) in [6.45, 7) is 2.09. The van der Waals surface area contributed by atoms with Crippen LogP contribution in [-0.4, -0.2) is 22.2 Å². The molecular weight excluding hydrogens is 196 g/mol. The first kappa shape index (κ1) is 13.7. The van der Waals surface area contributed by atoms with Crippen molar-refractivity contribution in [3.05, 3.63) is 12.2 Å². The number of allylic oxidation sites excluding steroid dienone is 1. The summed E-state index contributed by atoms with van der Waals surface area (Å²) in [5, 5.41) is 17.2. The Kier molecular flexibility index (Phi) is 7.32. The van der Waals surface area contributed by atoms with E-state index in [-0.39, 0.29) is 6.42 Å². The van der Waals surface area contributed by atoms with Crippen molar-refractivity contribution in [1.29, 1.82) is 0 Å². The van der Waals surface area contributed by atoms with E-state index in [9.17, 15) is 9.59 Å². The molecule has 0 aliphatic carbocycles. The normalized spacial score (nSPS) is 12.9. The number of carbonyl (C=O) groups is 2. The van der Waals surface area contributed by atoms with E-state index in [0.29, 0.717) is 0 Å². The first-order valence-electron chi connectivity index (χ1n) is 5.19. The molecule has 86 valence electrons. The van der Waals surface area contributed by atoms with Gasteiger partial charge < -0.3 is 10.2 Å². The van der Waals surface area contributed by atoms with E-state index < -0.39 is 17.9 Å². The van der Waals surface area contributed by atoms with E-state index in [2.05, 4.69) is 6.92 Å². The Morgan fingerprint density at radius 3 is 2.40 bits per heavy atom. The van der Waals surface area contributed by atoms with Crippen molar-refractivity contribution in [3.63, 3.8) is 0 Å². The van der Waals surface area contributed by atoms with E-state index >= 15 is 0 Å². The Labute approximate surface area is 89.6 Å². The van der Waals surface area contributed by atoms with Gasteiger partial charge in [-0.25, -0.2) is 0 Å². The quantitative estimate of drug-likeness (QED) is 0.480. The van der Waals surface area contributed by atoms with Gasteiger partial charge in [-0.05, 0) is 12.8 Å². The van der Waals surface area contributed by atoms with Crippen LogP contribution in [0.4, 0.5) is 0 Å². The van der Waals surface area contributed by atoms with E-state index in [0.717, 1.165) is 25.7 Å². The number of carboxylic acids is 2. The number of hydrogen-bond acceptors (Lipinski definition) is 2. The summed E-state index contributed by atoms with van der Waals surface area (Å²) in [4.78, 5) is 21.0. The van der Waals surface area contributed by atoms with E-state index in [1.165, 1.54) is 6.08 Å². The van der Waals surface area contributed by atoms with Crippen LogP contribution in [0.25, 0.3) is 0 Å². The molecule has 0 aliphatic rings. The second-order valence-electron chi connectivity index (χ2n) is 3.47. The number of unbranched alkanes of at least 4 members (excludes halogenated alkanes) is 3. The lowest BCUT2D eigenvalue weighted by Gasteiger charge is -2.02. The standard InChI is InChI=1S/C11H18O4/c1-2-3-4-5-6-7-9(11(14)15)8-10(12)13/h6-7,9H,2-5,8H2,1H3,(H,12,13)(H,14,15)/b7-6-. The largest absolute Gasteiger partial charge is 0.481 e. The average Bonchev–Trinajstić information content (AvgIpc) is 2.15. The molecule has 4 nitrogen and oxygen atoms in total. The second kappa shape index (κ2) is 8.03. The SMILES string of the molecule is CCCCC/C=C\C(CC(=O)O)C(=O)O. The number of carboxylic acid groups (broad SMARTS) is 2. The Morgan fingerprint density at radius 2 is 1.93 bits per heavy atom. The summed E-state index contributed by atoms with van der Waals surface area (Å²) in [7, 11) is 0.